The molecule has 1 N–H and O–H groups in total. The average Bonchev–Trinajstić information content (AvgIpc) is 2.72. The molecule has 3 aromatic rings. The Labute approximate surface area is 159 Å². The van der Waals surface area contributed by atoms with Crippen LogP contribution in [0.25, 0.3) is 11.3 Å². The number of carbonyl (C=O) groups is 1. The normalized spacial score (nSPS) is 10.6. The van der Waals surface area contributed by atoms with Crippen LogP contribution in [0, 0.1) is 0 Å². The van der Waals surface area contributed by atoms with Crippen LogP contribution < -0.4 is 10.1 Å². The van der Waals surface area contributed by atoms with Crippen molar-refractivity contribution in [1.29, 1.82) is 0 Å². The molecule has 1 heterocycles. The lowest BCUT2D eigenvalue weighted by molar-refractivity contribution is -0.123. The Morgan fingerprint density at radius 1 is 1.04 bits per heavy atom. The molecule has 0 saturated heterocycles. The second kappa shape index (κ2) is 8.94. The van der Waals surface area contributed by atoms with Crippen molar-refractivity contribution in [3.8, 4) is 17.0 Å². The van der Waals surface area contributed by atoms with E-state index in [-0.39, 0.29) is 12.5 Å². The van der Waals surface area contributed by atoms with Crippen LogP contribution in [0.1, 0.15) is 31.0 Å². The Kier molecular flexibility index (Phi) is 6.15. The number of carbonyl (C=O) groups excluding carboxylic acids is 1. The SMILES string of the molecule is CC(C)c1ccc(OCC(=O)NCc2cc(-c3ccccc3)ncn2)cc1. The van der Waals surface area contributed by atoms with Gasteiger partial charge in [0.05, 0.1) is 17.9 Å². The standard InChI is InChI=1S/C22H23N3O2/c1-16(2)17-8-10-20(11-9-17)27-14-22(26)23-13-19-12-21(25-15-24-19)18-6-4-3-5-7-18/h3-12,15-16H,13-14H2,1-2H3,(H,23,26). The number of aromatic nitrogens is 2. The highest BCUT2D eigenvalue weighted by atomic mass is 16.5. The van der Waals surface area contributed by atoms with E-state index in [1.54, 1.807) is 0 Å². The number of amides is 1. The van der Waals surface area contributed by atoms with Crippen LogP contribution in [0.15, 0.2) is 67.0 Å². The van der Waals surface area contributed by atoms with Crippen LogP contribution in [0.2, 0.25) is 0 Å². The summed E-state index contributed by atoms with van der Waals surface area (Å²) >= 11 is 0. The number of nitrogens with zero attached hydrogens (tertiary/aromatic N) is 2. The molecule has 1 aromatic heterocycles. The maximum absolute atomic E-state index is 12.0. The molecule has 1 amide bonds. The van der Waals surface area contributed by atoms with Gasteiger partial charge in [0.2, 0.25) is 0 Å². The second-order valence-electron chi connectivity index (χ2n) is 6.55. The van der Waals surface area contributed by atoms with E-state index in [1.165, 1.54) is 11.9 Å². The summed E-state index contributed by atoms with van der Waals surface area (Å²) in [5.74, 6) is 0.960. The second-order valence-corrected chi connectivity index (χ2v) is 6.55. The van der Waals surface area contributed by atoms with E-state index in [9.17, 15) is 4.79 Å². The monoisotopic (exact) mass is 361 g/mol. The lowest BCUT2D eigenvalue weighted by Crippen LogP contribution is -2.28. The van der Waals surface area contributed by atoms with Gasteiger partial charge in [-0.15, -0.1) is 0 Å². The maximum Gasteiger partial charge on any atom is 0.258 e. The van der Waals surface area contributed by atoms with Gasteiger partial charge in [0.25, 0.3) is 5.91 Å². The first-order valence-corrected chi connectivity index (χ1v) is 8.97. The molecule has 5 heteroatoms. The van der Waals surface area contributed by atoms with Crippen molar-refractivity contribution in [2.75, 3.05) is 6.61 Å². The third-order valence-electron chi connectivity index (χ3n) is 4.18. The first-order chi connectivity index (χ1) is 13.1. The van der Waals surface area contributed by atoms with Crippen molar-refractivity contribution in [2.45, 2.75) is 26.3 Å². The predicted molar refractivity (Wildman–Crippen MR) is 105 cm³/mol. The van der Waals surface area contributed by atoms with Gasteiger partial charge in [-0.1, -0.05) is 56.3 Å². The van der Waals surface area contributed by atoms with Crippen molar-refractivity contribution in [3.63, 3.8) is 0 Å². The van der Waals surface area contributed by atoms with E-state index >= 15 is 0 Å². The van der Waals surface area contributed by atoms with E-state index in [0.717, 1.165) is 17.0 Å². The zero-order valence-corrected chi connectivity index (χ0v) is 15.6. The van der Waals surface area contributed by atoms with Gasteiger partial charge in [0.15, 0.2) is 6.61 Å². The van der Waals surface area contributed by atoms with Crippen LogP contribution in [0.4, 0.5) is 0 Å². The molecule has 138 valence electrons. The predicted octanol–water partition coefficient (Wildman–Crippen LogP) is 3.96. The number of ether oxygens (including phenoxy) is 1. The highest BCUT2D eigenvalue weighted by molar-refractivity contribution is 5.77. The molecular formula is C22H23N3O2. The third kappa shape index (κ3) is 5.38. The van der Waals surface area contributed by atoms with Crippen molar-refractivity contribution in [3.05, 3.63) is 78.2 Å². The third-order valence-corrected chi connectivity index (χ3v) is 4.18. The fraction of sp³-hybridized carbons (Fsp3) is 0.227. The average molecular weight is 361 g/mol. The van der Waals surface area contributed by atoms with E-state index < -0.39 is 0 Å². The molecule has 0 bridgehead atoms. The Balaban J connectivity index is 1.50. The largest absolute Gasteiger partial charge is 0.484 e. The van der Waals surface area contributed by atoms with Gasteiger partial charge >= 0.3 is 0 Å². The zero-order chi connectivity index (χ0) is 19.1. The Morgan fingerprint density at radius 2 is 1.78 bits per heavy atom. The molecule has 0 aliphatic heterocycles. The van der Waals surface area contributed by atoms with Gasteiger partial charge in [-0.2, -0.15) is 0 Å². The lowest BCUT2D eigenvalue weighted by Gasteiger charge is -2.09. The van der Waals surface area contributed by atoms with Crippen LogP contribution in [0.3, 0.4) is 0 Å². The summed E-state index contributed by atoms with van der Waals surface area (Å²) < 4.78 is 5.54. The van der Waals surface area contributed by atoms with Crippen LogP contribution in [0.5, 0.6) is 5.75 Å². The van der Waals surface area contributed by atoms with Crippen molar-refractivity contribution in [2.24, 2.45) is 0 Å². The van der Waals surface area contributed by atoms with E-state index in [0.29, 0.717) is 18.2 Å². The minimum absolute atomic E-state index is 0.0301. The van der Waals surface area contributed by atoms with Crippen molar-refractivity contribution < 1.29 is 9.53 Å². The molecule has 2 aromatic carbocycles. The van der Waals surface area contributed by atoms with Crippen LogP contribution >= 0.6 is 0 Å². The molecule has 0 radical (unpaired) electrons. The molecule has 0 saturated carbocycles. The maximum atomic E-state index is 12.0. The molecule has 0 unspecified atom stereocenters. The smallest absolute Gasteiger partial charge is 0.258 e. The van der Waals surface area contributed by atoms with Crippen LogP contribution in [-0.4, -0.2) is 22.5 Å². The number of hydrogen-bond acceptors (Lipinski definition) is 4. The summed E-state index contributed by atoms with van der Waals surface area (Å²) in [6.07, 6.45) is 1.51. The summed E-state index contributed by atoms with van der Waals surface area (Å²) in [4.78, 5) is 20.5. The number of benzene rings is 2. The zero-order valence-electron chi connectivity index (χ0n) is 15.6. The lowest BCUT2D eigenvalue weighted by atomic mass is 10.0. The van der Waals surface area contributed by atoms with Gasteiger partial charge in [-0.05, 0) is 29.7 Å². The molecular weight excluding hydrogens is 338 g/mol. The Hall–Kier alpha value is -3.21. The molecule has 0 fully saturated rings. The van der Waals surface area contributed by atoms with Gasteiger partial charge in [0.1, 0.15) is 12.1 Å². The fourth-order valence-electron chi connectivity index (χ4n) is 2.60. The highest BCUT2D eigenvalue weighted by Gasteiger charge is 2.06. The summed E-state index contributed by atoms with van der Waals surface area (Å²) in [6.45, 7) is 4.58. The molecule has 3 rings (SSSR count). The van der Waals surface area contributed by atoms with E-state index in [1.807, 2.05) is 60.7 Å². The van der Waals surface area contributed by atoms with Gasteiger partial charge in [-0.25, -0.2) is 9.97 Å². The summed E-state index contributed by atoms with van der Waals surface area (Å²) in [5.41, 5.74) is 3.83. The molecule has 5 nitrogen and oxygen atoms in total. The number of hydrogen-bond donors (Lipinski definition) is 1. The van der Waals surface area contributed by atoms with E-state index in [4.69, 9.17) is 4.74 Å². The van der Waals surface area contributed by atoms with Crippen molar-refractivity contribution in [1.82, 2.24) is 15.3 Å². The molecule has 0 atom stereocenters. The van der Waals surface area contributed by atoms with Gasteiger partial charge in [-0.3, -0.25) is 4.79 Å². The number of rotatable bonds is 7. The first kappa shape index (κ1) is 18.6. The summed E-state index contributed by atoms with van der Waals surface area (Å²) in [6, 6.07) is 19.6. The quantitative estimate of drug-likeness (QED) is 0.692. The molecule has 0 spiro atoms. The topological polar surface area (TPSA) is 64.1 Å². The summed E-state index contributed by atoms with van der Waals surface area (Å²) in [5, 5.41) is 2.82. The molecule has 0 aliphatic carbocycles. The minimum atomic E-state index is -0.192. The van der Waals surface area contributed by atoms with Gasteiger partial charge < -0.3 is 10.1 Å². The fourth-order valence-corrected chi connectivity index (χ4v) is 2.60. The summed E-state index contributed by atoms with van der Waals surface area (Å²) in [7, 11) is 0. The Morgan fingerprint density at radius 3 is 2.48 bits per heavy atom. The number of nitrogens with one attached hydrogen (secondary N) is 1. The highest BCUT2D eigenvalue weighted by Crippen LogP contribution is 2.18. The minimum Gasteiger partial charge on any atom is -0.484 e. The first-order valence-electron chi connectivity index (χ1n) is 8.97. The molecule has 0 aliphatic rings. The van der Waals surface area contributed by atoms with E-state index in [2.05, 4.69) is 29.1 Å². The Bertz CT molecular complexity index is 878. The van der Waals surface area contributed by atoms with Crippen molar-refractivity contribution >= 4 is 5.91 Å². The van der Waals surface area contributed by atoms with Gasteiger partial charge in [0, 0.05) is 5.56 Å². The van der Waals surface area contributed by atoms with Crippen LogP contribution in [-0.2, 0) is 11.3 Å². The molecule has 27 heavy (non-hydrogen) atoms.